The van der Waals surface area contributed by atoms with Gasteiger partial charge in [-0.25, -0.2) is 4.79 Å². The second kappa shape index (κ2) is 7.04. The number of hydrogen-bond acceptors (Lipinski definition) is 3. The molecule has 0 aliphatic rings. The summed E-state index contributed by atoms with van der Waals surface area (Å²) in [5, 5.41) is 10.4. The van der Waals surface area contributed by atoms with Gasteiger partial charge in [0.25, 0.3) is 0 Å². The fourth-order valence-corrected chi connectivity index (χ4v) is 2.36. The van der Waals surface area contributed by atoms with E-state index in [1.807, 2.05) is 49.4 Å². The number of esters is 1. The van der Waals surface area contributed by atoms with E-state index < -0.39 is 6.10 Å². The average Bonchev–Trinajstić information content (AvgIpc) is 2.55. The number of rotatable bonds is 5. The molecular weight excluding hydrogens is 264 g/mol. The molecule has 2 aromatic carbocycles. The molecule has 2 aromatic rings. The van der Waals surface area contributed by atoms with Gasteiger partial charge in [-0.15, -0.1) is 0 Å². The van der Waals surface area contributed by atoms with Crippen molar-refractivity contribution in [3.8, 4) is 0 Å². The van der Waals surface area contributed by atoms with E-state index in [0.717, 1.165) is 17.5 Å². The van der Waals surface area contributed by atoms with Crippen molar-refractivity contribution in [1.82, 2.24) is 0 Å². The minimum Gasteiger partial charge on any atom is -0.465 e. The van der Waals surface area contributed by atoms with Crippen molar-refractivity contribution in [2.24, 2.45) is 5.92 Å². The van der Waals surface area contributed by atoms with Gasteiger partial charge in [-0.2, -0.15) is 0 Å². The third-order valence-corrected chi connectivity index (χ3v) is 3.61. The number of aliphatic hydroxyl groups is 1. The Bertz CT molecular complexity index is 575. The lowest BCUT2D eigenvalue weighted by molar-refractivity contribution is 0.0600. The number of carbonyl (C=O) groups excluding carboxylic acids is 1. The third-order valence-electron chi connectivity index (χ3n) is 3.61. The highest BCUT2D eigenvalue weighted by molar-refractivity contribution is 5.89. The van der Waals surface area contributed by atoms with Crippen LogP contribution in [0.15, 0.2) is 54.6 Å². The second-order valence-corrected chi connectivity index (χ2v) is 5.23. The van der Waals surface area contributed by atoms with Gasteiger partial charge in [-0.3, -0.25) is 0 Å². The molecule has 0 bridgehead atoms. The Morgan fingerprint density at radius 1 is 1.10 bits per heavy atom. The number of ether oxygens (including phenoxy) is 1. The molecule has 0 aliphatic heterocycles. The highest BCUT2D eigenvalue weighted by Gasteiger charge is 2.16. The SMILES string of the molecule is COC(=O)c1ccc(CC(C)C(O)c2ccccc2)cc1. The first kappa shape index (κ1) is 15.3. The molecule has 0 heterocycles. The van der Waals surface area contributed by atoms with Gasteiger partial charge < -0.3 is 9.84 Å². The Morgan fingerprint density at radius 3 is 2.29 bits per heavy atom. The van der Waals surface area contributed by atoms with Crippen LogP contribution in [-0.2, 0) is 11.2 Å². The molecule has 2 unspecified atom stereocenters. The van der Waals surface area contributed by atoms with Crippen LogP contribution in [0.5, 0.6) is 0 Å². The van der Waals surface area contributed by atoms with E-state index >= 15 is 0 Å². The average molecular weight is 284 g/mol. The van der Waals surface area contributed by atoms with E-state index in [0.29, 0.717) is 5.56 Å². The van der Waals surface area contributed by atoms with Crippen LogP contribution in [0.4, 0.5) is 0 Å². The van der Waals surface area contributed by atoms with Crippen molar-refractivity contribution in [2.45, 2.75) is 19.4 Å². The van der Waals surface area contributed by atoms with Crippen molar-refractivity contribution in [3.05, 3.63) is 71.3 Å². The standard InChI is InChI=1S/C18H20O3/c1-13(17(19)15-6-4-3-5-7-15)12-14-8-10-16(11-9-14)18(20)21-2/h3-11,13,17,19H,12H2,1-2H3. The normalized spacial score (nSPS) is 13.5. The minimum atomic E-state index is -0.494. The number of carbonyl (C=O) groups is 1. The maximum absolute atomic E-state index is 11.4. The molecule has 0 aliphatic carbocycles. The van der Waals surface area contributed by atoms with Gasteiger partial charge >= 0.3 is 5.97 Å². The fourth-order valence-electron chi connectivity index (χ4n) is 2.36. The molecule has 2 atom stereocenters. The Kier molecular flexibility index (Phi) is 5.12. The van der Waals surface area contributed by atoms with E-state index in [-0.39, 0.29) is 11.9 Å². The summed E-state index contributed by atoms with van der Waals surface area (Å²) >= 11 is 0. The Morgan fingerprint density at radius 2 is 1.71 bits per heavy atom. The topological polar surface area (TPSA) is 46.5 Å². The molecular formula is C18H20O3. The lowest BCUT2D eigenvalue weighted by atomic mass is 9.91. The first-order valence-electron chi connectivity index (χ1n) is 7.02. The summed E-state index contributed by atoms with van der Waals surface area (Å²) in [5.41, 5.74) is 2.55. The van der Waals surface area contributed by atoms with Gasteiger partial charge in [-0.05, 0) is 35.6 Å². The van der Waals surface area contributed by atoms with E-state index in [2.05, 4.69) is 4.74 Å². The highest BCUT2D eigenvalue weighted by atomic mass is 16.5. The number of hydrogen-bond donors (Lipinski definition) is 1. The predicted molar refractivity (Wildman–Crippen MR) is 82.1 cm³/mol. The molecule has 2 rings (SSSR count). The molecule has 0 aromatic heterocycles. The van der Waals surface area contributed by atoms with Crippen LogP contribution >= 0.6 is 0 Å². The van der Waals surface area contributed by atoms with Gasteiger partial charge in [-0.1, -0.05) is 49.4 Å². The zero-order chi connectivity index (χ0) is 15.2. The van der Waals surface area contributed by atoms with Gasteiger partial charge in [0.2, 0.25) is 0 Å². The summed E-state index contributed by atoms with van der Waals surface area (Å²) in [6, 6.07) is 17.0. The molecule has 0 saturated heterocycles. The van der Waals surface area contributed by atoms with Gasteiger partial charge in [0.1, 0.15) is 0 Å². The number of methoxy groups -OCH3 is 1. The lowest BCUT2D eigenvalue weighted by Gasteiger charge is -2.19. The Hall–Kier alpha value is -2.13. The first-order chi connectivity index (χ1) is 10.1. The molecule has 1 N–H and O–H groups in total. The highest BCUT2D eigenvalue weighted by Crippen LogP contribution is 2.24. The molecule has 0 amide bonds. The zero-order valence-electron chi connectivity index (χ0n) is 12.3. The molecule has 0 spiro atoms. The maximum Gasteiger partial charge on any atom is 0.337 e. The molecule has 0 saturated carbocycles. The molecule has 0 radical (unpaired) electrons. The minimum absolute atomic E-state index is 0.0939. The summed E-state index contributed by atoms with van der Waals surface area (Å²) in [5.74, 6) is -0.240. The summed E-state index contributed by atoms with van der Waals surface area (Å²) in [6.07, 6.45) is 0.254. The van der Waals surface area contributed by atoms with Crippen LogP contribution in [0.3, 0.4) is 0 Å². The predicted octanol–water partition coefficient (Wildman–Crippen LogP) is 3.39. The van der Waals surface area contributed by atoms with Crippen LogP contribution in [-0.4, -0.2) is 18.2 Å². The smallest absolute Gasteiger partial charge is 0.337 e. The van der Waals surface area contributed by atoms with Gasteiger partial charge in [0.05, 0.1) is 18.8 Å². The summed E-state index contributed by atoms with van der Waals surface area (Å²) in [6.45, 7) is 2.02. The third kappa shape index (κ3) is 3.92. The summed E-state index contributed by atoms with van der Waals surface area (Å²) < 4.78 is 4.67. The summed E-state index contributed by atoms with van der Waals surface area (Å²) in [4.78, 5) is 11.4. The number of aliphatic hydroxyl groups excluding tert-OH is 1. The lowest BCUT2D eigenvalue weighted by Crippen LogP contribution is -2.12. The maximum atomic E-state index is 11.4. The Labute approximate surface area is 125 Å². The first-order valence-corrected chi connectivity index (χ1v) is 7.02. The molecule has 3 heteroatoms. The quantitative estimate of drug-likeness (QED) is 0.856. The van der Waals surface area contributed by atoms with E-state index in [1.165, 1.54) is 7.11 Å². The molecule has 21 heavy (non-hydrogen) atoms. The Balaban J connectivity index is 2.02. The van der Waals surface area contributed by atoms with Gasteiger partial charge in [0.15, 0.2) is 0 Å². The summed E-state index contributed by atoms with van der Waals surface area (Å²) in [7, 11) is 1.37. The molecule has 110 valence electrons. The fraction of sp³-hybridized carbons (Fsp3) is 0.278. The monoisotopic (exact) mass is 284 g/mol. The van der Waals surface area contributed by atoms with Crippen LogP contribution in [0.2, 0.25) is 0 Å². The van der Waals surface area contributed by atoms with E-state index in [1.54, 1.807) is 12.1 Å². The zero-order valence-corrected chi connectivity index (χ0v) is 12.3. The number of benzene rings is 2. The van der Waals surface area contributed by atoms with Crippen molar-refractivity contribution >= 4 is 5.97 Å². The van der Waals surface area contributed by atoms with E-state index in [9.17, 15) is 9.90 Å². The van der Waals surface area contributed by atoms with Crippen LogP contribution in [0.25, 0.3) is 0 Å². The van der Waals surface area contributed by atoms with Gasteiger partial charge in [0, 0.05) is 0 Å². The van der Waals surface area contributed by atoms with Crippen molar-refractivity contribution in [1.29, 1.82) is 0 Å². The van der Waals surface area contributed by atoms with E-state index in [4.69, 9.17) is 0 Å². The van der Waals surface area contributed by atoms with Crippen LogP contribution in [0, 0.1) is 5.92 Å². The molecule has 0 fully saturated rings. The van der Waals surface area contributed by atoms with Crippen molar-refractivity contribution < 1.29 is 14.6 Å². The second-order valence-electron chi connectivity index (χ2n) is 5.23. The molecule has 3 nitrogen and oxygen atoms in total. The largest absolute Gasteiger partial charge is 0.465 e. The van der Waals surface area contributed by atoms with Crippen molar-refractivity contribution in [3.63, 3.8) is 0 Å². The van der Waals surface area contributed by atoms with Crippen molar-refractivity contribution in [2.75, 3.05) is 7.11 Å². The van der Waals surface area contributed by atoms with Crippen LogP contribution in [0.1, 0.15) is 34.5 Å². The van der Waals surface area contributed by atoms with Crippen LogP contribution < -0.4 is 0 Å².